The lowest BCUT2D eigenvalue weighted by atomic mass is 9.98. The highest BCUT2D eigenvalue weighted by Gasteiger charge is 2.62. The number of carbonyl (C=O) groups excluding carboxylic acids is 2. The lowest BCUT2D eigenvalue weighted by molar-refractivity contribution is -0.269. The standard InChI is InChI=1S/C45H72N6O13Si2/c1-16-45(17-2)60-31-28(25-47-50-46)57-39(36(31)61-45)59-32(30(38(53)62-42(3,4)5)49-41(55)56-26-27-21-19-18-20-22-27)33-34(63-65(12,13)43(6,7)8)35(64-66(14,15)44(9,10)11)37(58-33)51-24-23-29(52)48-40(51)54/h18-24,28,30-37,39H,16-17,25-26H2,1-15H3,(H,49,55)(H,48,52,54)/t28-,30+,31?,32+,33-,34?,35?,36?,37-,39+/m1/s1. The Balaban J connectivity index is 1.76. The van der Waals surface area contributed by atoms with Crippen LogP contribution in [0, 0.1) is 0 Å². The number of hydrogen-bond donors (Lipinski definition) is 2. The number of nitrogens with one attached hydrogen (secondary N) is 2. The number of amides is 1. The summed E-state index contributed by atoms with van der Waals surface area (Å²) in [4.78, 5) is 60.5. The van der Waals surface area contributed by atoms with Gasteiger partial charge in [0.15, 0.2) is 41.0 Å². The molecule has 10 atom stereocenters. The van der Waals surface area contributed by atoms with Crippen LogP contribution >= 0.6 is 0 Å². The van der Waals surface area contributed by atoms with Gasteiger partial charge in [-0.15, -0.1) is 0 Å². The molecule has 4 unspecified atom stereocenters. The fourth-order valence-corrected chi connectivity index (χ4v) is 10.1. The lowest BCUT2D eigenvalue weighted by Gasteiger charge is -2.45. The van der Waals surface area contributed by atoms with E-state index in [4.69, 9.17) is 42.0 Å². The first-order valence-electron chi connectivity index (χ1n) is 22.8. The zero-order valence-electron chi connectivity index (χ0n) is 41.2. The summed E-state index contributed by atoms with van der Waals surface area (Å²) in [6.45, 7) is 29.3. The van der Waals surface area contributed by atoms with Crippen molar-refractivity contribution in [1.29, 1.82) is 0 Å². The zero-order chi connectivity index (χ0) is 49.2. The molecule has 2 aromatic rings. The molecule has 3 fully saturated rings. The van der Waals surface area contributed by atoms with Gasteiger partial charge in [-0.1, -0.05) is 90.8 Å². The molecule has 3 aliphatic rings. The summed E-state index contributed by atoms with van der Waals surface area (Å²) in [6, 6.07) is 8.53. The fraction of sp³-hybridized carbons (Fsp3) is 0.733. The molecule has 1 aromatic carbocycles. The van der Waals surface area contributed by atoms with E-state index < -0.39 is 113 Å². The van der Waals surface area contributed by atoms with E-state index in [0.717, 1.165) is 0 Å². The molecule has 0 spiro atoms. The predicted octanol–water partition coefficient (Wildman–Crippen LogP) is 7.57. The highest BCUT2D eigenvalue weighted by molar-refractivity contribution is 6.74. The minimum atomic E-state index is -2.87. The van der Waals surface area contributed by atoms with Crippen molar-refractivity contribution in [3.63, 3.8) is 0 Å². The number of ether oxygens (including phenoxy) is 7. The summed E-state index contributed by atoms with van der Waals surface area (Å²) < 4.78 is 61.4. The molecular formula is C45H72N6O13Si2. The maximum absolute atomic E-state index is 14.9. The summed E-state index contributed by atoms with van der Waals surface area (Å²) in [6.07, 6.45) is -8.94. The van der Waals surface area contributed by atoms with Gasteiger partial charge in [-0.3, -0.25) is 14.3 Å². The van der Waals surface area contributed by atoms with E-state index in [1.54, 1.807) is 45.0 Å². The third kappa shape index (κ3) is 12.2. The molecule has 2 N–H and O–H groups in total. The molecule has 21 heteroatoms. The normalized spacial score (nSPS) is 26.5. The molecule has 1 amide bonds. The van der Waals surface area contributed by atoms with Crippen LogP contribution in [0.15, 0.2) is 57.3 Å². The smallest absolute Gasteiger partial charge is 0.408 e. The Bertz CT molecular complexity index is 2160. The SMILES string of the molecule is CCC1(CC)OC2C(O1)[C@@H](CN=[N+]=[N-])O[C@H]2O[C@@H]([C@H](NC(=O)OCc1ccccc1)C(=O)OC(C)(C)C)[C@H]1O[C@@H](n2ccc(=O)[nH]c2=O)C(O[Si](C)(C)C(C)(C)C)C1O[Si](C)(C)C(C)(C)C. The average molecular weight is 961 g/mol. The van der Waals surface area contributed by atoms with Crippen molar-refractivity contribution >= 4 is 28.7 Å². The predicted molar refractivity (Wildman–Crippen MR) is 249 cm³/mol. The largest absolute Gasteiger partial charge is 0.458 e. The molecule has 0 radical (unpaired) electrons. The topological polar surface area (TPSA) is 233 Å². The first kappa shape index (κ1) is 53.1. The number of hydrogen-bond acceptors (Lipinski definition) is 14. The summed E-state index contributed by atoms with van der Waals surface area (Å²) in [5.41, 5.74) is 7.58. The molecule has 5 rings (SSSR count). The van der Waals surface area contributed by atoms with Gasteiger partial charge in [-0.25, -0.2) is 14.4 Å². The van der Waals surface area contributed by atoms with Crippen molar-refractivity contribution < 1.29 is 51.6 Å². The monoisotopic (exact) mass is 960 g/mol. The third-order valence-corrected chi connectivity index (χ3v) is 22.2. The first-order valence-corrected chi connectivity index (χ1v) is 28.6. The van der Waals surface area contributed by atoms with Crippen LogP contribution in [0.3, 0.4) is 0 Å². The summed E-state index contributed by atoms with van der Waals surface area (Å²) >= 11 is 0. The number of esters is 1. The van der Waals surface area contributed by atoms with Crippen LogP contribution in [0.2, 0.25) is 36.3 Å². The van der Waals surface area contributed by atoms with Gasteiger partial charge in [0.2, 0.25) is 0 Å². The molecule has 3 aliphatic heterocycles. The minimum Gasteiger partial charge on any atom is -0.458 e. The number of azide groups is 1. The number of aromatic amines is 1. The van der Waals surface area contributed by atoms with Gasteiger partial charge in [0, 0.05) is 17.2 Å². The Morgan fingerprint density at radius 2 is 1.48 bits per heavy atom. The van der Waals surface area contributed by atoms with Crippen molar-refractivity contribution in [3.05, 3.63) is 79.4 Å². The Hall–Kier alpha value is -3.90. The van der Waals surface area contributed by atoms with E-state index in [0.29, 0.717) is 18.4 Å². The summed E-state index contributed by atoms with van der Waals surface area (Å²) in [7, 11) is -5.68. The van der Waals surface area contributed by atoms with Gasteiger partial charge >= 0.3 is 17.8 Å². The Morgan fingerprint density at radius 1 is 0.894 bits per heavy atom. The molecular weight excluding hydrogens is 889 g/mol. The molecule has 4 heterocycles. The minimum absolute atomic E-state index is 0.131. The number of rotatable bonds is 17. The average Bonchev–Trinajstić information content (AvgIpc) is 3.86. The van der Waals surface area contributed by atoms with E-state index in [1.807, 2.05) is 19.9 Å². The van der Waals surface area contributed by atoms with Crippen LogP contribution in [0.1, 0.15) is 101 Å². The number of fused-ring (bicyclic) bond motifs is 1. The van der Waals surface area contributed by atoms with Gasteiger partial charge in [-0.2, -0.15) is 0 Å². The second-order valence-electron chi connectivity index (χ2n) is 21.3. The fourth-order valence-electron chi connectivity index (χ4n) is 7.55. The van der Waals surface area contributed by atoms with E-state index in [2.05, 4.69) is 88.1 Å². The number of carbonyl (C=O) groups is 2. The van der Waals surface area contributed by atoms with Crippen LogP contribution in [0.25, 0.3) is 10.4 Å². The van der Waals surface area contributed by atoms with Gasteiger partial charge in [0.25, 0.3) is 5.56 Å². The summed E-state index contributed by atoms with van der Waals surface area (Å²) in [5, 5.41) is 5.80. The van der Waals surface area contributed by atoms with Crippen molar-refractivity contribution in [1.82, 2.24) is 14.9 Å². The van der Waals surface area contributed by atoms with E-state index in [1.165, 1.54) is 16.8 Å². The van der Waals surface area contributed by atoms with Crippen molar-refractivity contribution in [3.8, 4) is 0 Å². The van der Waals surface area contributed by atoms with Gasteiger partial charge in [0.05, 0.1) is 12.6 Å². The van der Waals surface area contributed by atoms with Gasteiger partial charge < -0.3 is 47.3 Å². The van der Waals surface area contributed by atoms with Crippen LogP contribution in [0.4, 0.5) is 4.79 Å². The molecule has 0 aliphatic carbocycles. The first-order chi connectivity index (χ1) is 30.6. The van der Waals surface area contributed by atoms with Crippen LogP contribution < -0.4 is 16.6 Å². The number of nitrogens with zero attached hydrogens (tertiary/aromatic N) is 4. The number of H-pyrrole nitrogens is 1. The van der Waals surface area contributed by atoms with Crippen LogP contribution in [-0.4, -0.2) is 111 Å². The molecule has 66 heavy (non-hydrogen) atoms. The quantitative estimate of drug-likeness (QED) is 0.0513. The molecule has 1 aromatic heterocycles. The molecule has 0 saturated carbocycles. The molecule has 19 nitrogen and oxygen atoms in total. The highest BCUT2D eigenvalue weighted by Crippen LogP contribution is 2.48. The van der Waals surface area contributed by atoms with E-state index in [9.17, 15) is 24.7 Å². The Kier molecular flexibility index (Phi) is 16.4. The van der Waals surface area contributed by atoms with Crippen LogP contribution in [0.5, 0.6) is 0 Å². The van der Waals surface area contributed by atoms with E-state index >= 15 is 0 Å². The zero-order valence-corrected chi connectivity index (χ0v) is 43.2. The van der Waals surface area contributed by atoms with Gasteiger partial charge in [-0.05, 0) is 81.0 Å². The Morgan fingerprint density at radius 3 is 2.03 bits per heavy atom. The van der Waals surface area contributed by atoms with Crippen molar-refractivity contribution in [2.45, 2.75) is 205 Å². The molecule has 368 valence electrons. The third-order valence-electron chi connectivity index (χ3n) is 13.3. The van der Waals surface area contributed by atoms with Crippen molar-refractivity contribution in [2.75, 3.05) is 6.54 Å². The molecule has 0 bridgehead atoms. The van der Waals surface area contributed by atoms with E-state index in [-0.39, 0.29) is 23.2 Å². The molecule has 3 saturated heterocycles. The van der Waals surface area contributed by atoms with Crippen LogP contribution in [-0.2, 0) is 53.4 Å². The summed E-state index contributed by atoms with van der Waals surface area (Å²) in [5.74, 6) is -1.95. The number of benzene rings is 1. The Labute approximate surface area is 389 Å². The van der Waals surface area contributed by atoms with Crippen molar-refractivity contribution in [2.24, 2.45) is 5.11 Å². The second kappa shape index (κ2) is 20.4. The van der Waals surface area contributed by atoms with Gasteiger partial charge in [0.1, 0.15) is 48.8 Å². The maximum Gasteiger partial charge on any atom is 0.408 e. The lowest BCUT2D eigenvalue weighted by Crippen LogP contribution is -2.61. The second-order valence-corrected chi connectivity index (χ2v) is 30.8. The highest BCUT2D eigenvalue weighted by atomic mass is 28.4. The maximum atomic E-state index is 14.9. The number of alkyl carbamates (subject to hydrolysis) is 1. The number of aromatic nitrogens is 2.